The minimum Gasteiger partial charge on any atom is -0.394 e. The zero-order chi connectivity index (χ0) is 23.5. The van der Waals surface area contributed by atoms with Gasteiger partial charge in [-0.15, -0.1) is 0 Å². The van der Waals surface area contributed by atoms with Gasteiger partial charge in [-0.2, -0.15) is 0 Å². The molecule has 0 saturated heterocycles. The van der Waals surface area contributed by atoms with Crippen LogP contribution < -0.4 is 16.0 Å². The topological polar surface area (TPSA) is 82.6 Å². The molecular formula is C28H39N3O3. The Morgan fingerprint density at radius 1 is 0.853 bits per heavy atom. The summed E-state index contributed by atoms with van der Waals surface area (Å²) >= 11 is 0. The van der Waals surface area contributed by atoms with Gasteiger partial charge in [-0.1, -0.05) is 62.5 Å². The van der Waals surface area contributed by atoms with Crippen molar-refractivity contribution in [1.29, 1.82) is 0 Å². The third-order valence-electron chi connectivity index (χ3n) is 5.62. The van der Waals surface area contributed by atoms with Crippen LogP contribution in [0.25, 0.3) is 21.5 Å². The summed E-state index contributed by atoms with van der Waals surface area (Å²) in [6.07, 6.45) is 0.856. The van der Waals surface area contributed by atoms with E-state index < -0.39 is 0 Å². The Bertz CT molecular complexity index is 1020. The molecule has 0 saturated carbocycles. The number of hydrogen-bond donors (Lipinski definition) is 4. The van der Waals surface area contributed by atoms with Crippen LogP contribution in [0.5, 0.6) is 0 Å². The largest absolute Gasteiger partial charge is 0.394 e. The van der Waals surface area contributed by atoms with Crippen molar-refractivity contribution in [1.82, 2.24) is 16.0 Å². The summed E-state index contributed by atoms with van der Waals surface area (Å²) in [5, 5.41) is 23.8. The van der Waals surface area contributed by atoms with Crippen LogP contribution in [0.4, 0.5) is 0 Å². The van der Waals surface area contributed by atoms with Crippen LogP contribution in [0.2, 0.25) is 0 Å². The normalized spacial score (nSPS) is 10.9. The number of aliphatic hydroxyl groups excluding tert-OH is 1. The molecule has 0 aliphatic rings. The molecule has 0 bridgehead atoms. The number of carbonyl (C=O) groups is 1. The molecule has 0 heterocycles. The van der Waals surface area contributed by atoms with Crippen LogP contribution >= 0.6 is 0 Å². The van der Waals surface area contributed by atoms with Crippen LogP contribution in [-0.4, -0.2) is 50.5 Å². The number of nitrogens with one attached hydrogen (secondary N) is 3. The van der Waals surface area contributed by atoms with E-state index in [1.165, 1.54) is 32.7 Å². The second-order valence-electron chi connectivity index (χ2n) is 8.13. The lowest BCUT2D eigenvalue weighted by atomic mass is 9.91. The third-order valence-corrected chi connectivity index (χ3v) is 5.62. The smallest absolute Gasteiger partial charge is 0.246 e. The van der Waals surface area contributed by atoms with Gasteiger partial charge < -0.3 is 25.8 Å². The Labute approximate surface area is 203 Å². The van der Waals surface area contributed by atoms with E-state index >= 15 is 0 Å². The average Bonchev–Trinajstić information content (AvgIpc) is 2.83. The van der Waals surface area contributed by atoms with Crippen molar-refractivity contribution in [3.63, 3.8) is 0 Å². The monoisotopic (exact) mass is 465 g/mol. The Kier molecular flexibility index (Phi) is 11.7. The summed E-state index contributed by atoms with van der Waals surface area (Å²) in [6, 6.07) is 17.1. The van der Waals surface area contributed by atoms with Gasteiger partial charge in [-0.25, -0.2) is 0 Å². The average molecular weight is 466 g/mol. The van der Waals surface area contributed by atoms with Gasteiger partial charge in [0.15, 0.2) is 0 Å². The van der Waals surface area contributed by atoms with Gasteiger partial charge >= 0.3 is 0 Å². The molecule has 3 rings (SSSR count). The molecule has 0 radical (unpaired) electrons. The van der Waals surface area contributed by atoms with Crippen LogP contribution in [0.15, 0.2) is 60.7 Å². The Morgan fingerprint density at radius 2 is 1.35 bits per heavy atom. The summed E-state index contributed by atoms with van der Waals surface area (Å²) in [5.74, 6) is -0.0869. The molecule has 0 atom stereocenters. The van der Waals surface area contributed by atoms with E-state index in [0.29, 0.717) is 25.3 Å². The first-order valence-electron chi connectivity index (χ1n) is 11.6. The van der Waals surface area contributed by atoms with Crippen LogP contribution in [0.3, 0.4) is 0 Å². The number of aliphatic hydroxyl groups is 1. The molecule has 6 nitrogen and oxygen atoms in total. The second kappa shape index (κ2) is 14.5. The Balaban J connectivity index is 0.00000408. The van der Waals surface area contributed by atoms with Crippen LogP contribution in [0.1, 0.15) is 31.9 Å². The zero-order valence-electron chi connectivity index (χ0n) is 19.5. The first-order valence-corrected chi connectivity index (χ1v) is 11.6. The highest BCUT2D eigenvalue weighted by Crippen LogP contribution is 2.33. The standard InChI is InChI=1S/C27H35N3O3.CH4/c1-20(2)27(32)30-13-7-12-28-18-25-21-8-3-5-10-23(21)26(19-29-14-16-33-17-15-31)24-11-6-4-9-22(24)25;/h3-6,8-11,28-29,31H,1,7,12-19H2,2H3,(H,30,32);1H4. The predicted molar refractivity (Wildman–Crippen MR) is 142 cm³/mol. The molecule has 6 heteroatoms. The first kappa shape index (κ1) is 27.5. The van der Waals surface area contributed by atoms with Gasteiger partial charge in [0.25, 0.3) is 0 Å². The van der Waals surface area contributed by atoms with E-state index in [2.05, 4.69) is 71.1 Å². The second-order valence-corrected chi connectivity index (χ2v) is 8.13. The number of carbonyl (C=O) groups excluding carboxylic acids is 1. The summed E-state index contributed by atoms with van der Waals surface area (Å²) in [6.45, 7) is 10.1. The van der Waals surface area contributed by atoms with Crippen molar-refractivity contribution in [3.8, 4) is 0 Å². The third kappa shape index (κ3) is 7.37. The van der Waals surface area contributed by atoms with Crippen molar-refractivity contribution in [2.75, 3.05) is 39.5 Å². The Hall–Kier alpha value is -2.77. The SMILES string of the molecule is C.C=C(C)C(=O)NCCCNCc1c2ccccc2c(CNCCOCCO)c2ccccc12. The molecule has 184 valence electrons. The maximum absolute atomic E-state index is 11.6. The van der Waals surface area contributed by atoms with Crippen molar-refractivity contribution < 1.29 is 14.6 Å². The fraction of sp³-hybridized carbons (Fsp3) is 0.393. The molecule has 0 aliphatic heterocycles. The molecule has 0 aromatic heterocycles. The minimum atomic E-state index is -0.0869. The maximum atomic E-state index is 11.6. The lowest BCUT2D eigenvalue weighted by molar-refractivity contribution is -0.117. The molecule has 3 aromatic carbocycles. The van der Waals surface area contributed by atoms with E-state index in [1.807, 2.05) is 0 Å². The molecule has 3 aromatic rings. The molecule has 4 N–H and O–H groups in total. The predicted octanol–water partition coefficient (Wildman–Crippen LogP) is 3.90. The lowest BCUT2D eigenvalue weighted by Gasteiger charge is -2.18. The number of benzene rings is 3. The van der Waals surface area contributed by atoms with E-state index in [-0.39, 0.29) is 19.9 Å². The summed E-state index contributed by atoms with van der Waals surface area (Å²) in [4.78, 5) is 11.6. The summed E-state index contributed by atoms with van der Waals surface area (Å²) < 4.78 is 5.36. The number of ether oxygens (including phenoxy) is 1. The number of amides is 1. The molecule has 1 amide bonds. The van der Waals surface area contributed by atoms with Gasteiger partial charge in [0.1, 0.15) is 0 Å². The highest BCUT2D eigenvalue weighted by Gasteiger charge is 2.13. The lowest BCUT2D eigenvalue weighted by Crippen LogP contribution is -2.27. The fourth-order valence-electron chi connectivity index (χ4n) is 3.99. The number of hydrogen-bond acceptors (Lipinski definition) is 5. The highest BCUT2D eigenvalue weighted by atomic mass is 16.5. The zero-order valence-corrected chi connectivity index (χ0v) is 19.5. The molecule has 0 spiro atoms. The maximum Gasteiger partial charge on any atom is 0.246 e. The quantitative estimate of drug-likeness (QED) is 0.165. The van der Waals surface area contributed by atoms with Gasteiger partial charge in [0.05, 0.1) is 19.8 Å². The van der Waals surface area contributed by atoms with E-state index in [0.717, 1.165) is 32.6 Å². The Morgan fingerprint density at radius 3 is 1.82 bits per heavy atom. The van der Waals surface area contributed by atoms with Gasteiger partial charge in [-0.05, 0) is 52.6 Å². The van der Waals surface area contributed by atoms with Gasteiger partial charge in [0.2, 0.25) is 5.91 Å². The van der Waals surface area contributed by atoms with Crippen molar-refractivity contribution in [3.05, 3.63) is 71.8 Å². The molecule has 34 heavy (non-hydrogen) atoms. The highest BCUT2D eigenvalue weighted by molar-refractivity contribution is 6.05. The molecule has 0 aliphatic carbocycles. The van der Waals surface area contributed by atoms with Crippen molar-refractivity contribution in [2.24, 2.45) is 0 Å². The minimum absolute atomic E-state index is 0. The van der Waals surface area contributed by atoms with E-state index in [9.17, 15) is 4.79 Å². The van der Waals surface area contributed by atoms with E-state index in [4.69, 9.17) is 9.84 Å². The van der Waals surface area contributed by atoms with Crippen LogP contribution in [0, 0.1) is 0 Å². The van der Waals surface area contributed by atoms with E-state index in [1.54, 1.807) is 6.92 Å². The molecule has 0 unspecified atom stereocenters. The number of rotatable bonds is 14. The summed E-state index contributed by atoms with van der Waals surface area (Å²) in [5.41, 5.74) is 3.12. The van der Waals surface area contributed by atoms with Crippen LogP contribution in [-0.2, 0) is 22.6 Å². The van der Waals surface area contributed by atoms with Gasteiger partial charge in [0, 0.05) is 31.8 Å². The summed E-state index contributed by atoms with van der Waals surface area (Å²) in [7, 11) is 0. The van der Waals surface area contributed by atoms with Crippen molar-refractivity contribution >= 4 is 27.5 Å². The molecular weight excluding hydrogens is 426 g/mol. The molecule has 0 fully saturated rings. The first-order chi connectivity index (χ1) is 16.1. The van der Waals surface area contributed by atoms with Crippen molar-refractivity contribution in [2.45, 2.75) is 33.9 Å². The number of fused-ring (bicyclic) bond motifs is 2. The van der Waals surface area contributed by atoms with Gasteiger partial charge in [-0.3, -0.25) is 4.79 Å². The fourth-order valence-corrected chi connectivity index (χ4v) is 3.99.